The van der Waals surface area contributed by atoms with Crippen molar-refractivity contribution in [1.82, 2.24) is 15.6 Å². The Labute approximate surface area is 228 Å². The molecule has 0 radical (unpaired) electrons. The van der Waals surface area contributed by atoms with Crippen LogP contribution >= 0.6 is 0 Å². The van der Waals surface area contributed by atoms with Gasteiger partial charge in [-0.25, -0.2) is 13.4 Å². The normalized spacial score (nSPS) is 18.1. The number of rotatable bonds is 13. The highest BCUT2D eigenvalue weighted by Crippen LogP contribution is 2.30. The van der Waals surface area contributed by atoms with Crippen molar-refractivity contribution in [3.8, 4) is 0 Å². The van der Waals surface area contributed by atoms with E-state index in [0.717, 1.165) is 31.2 Å². The molecule has 1 amide bonds. The molecule has 2 N–H and O–H groups in total. The van der Waals surface area contributed by atoms with Gasteiger partial charge in [0.2, 0.25) is 11.7 Å². The molecule has 1 aliphatic heterocycles. The van der Waals surface area contributed by atoms with Crippen LogP contribution in [0.25, 0.3) is 11.1 Å². The van der Waals surface area contributed by atoms with Crippen molar-refractivity contribution in [3.05, 3.63) is 66.1 Å². The van der Waals surface area contributed by atoms with E-state index >= 15 is 0 Å². The topological polar surface area (TPSA) is 128 Å². The van der Waals surface area contributed by atoms with Gasteiger partial charge in [-0.1, -0.05) is 42.5 Å². The number of Topliss-reactive ketones (excluding diaryl/α,β-unsaturated/α-hetero) is 1. The summed E-state index contributed by atoms with van der Waals surface area (Å²) in [6.45, 7) is 1.36. The lowest BCUT2D eigenvalue weighted by Gasteiger charge is -2.28. The lowest BCUT2D eigenvalue weighted by atomic mass is 9.91. The lowest BCUT2D eigenvalue weighted by molar-refractivity contribution is -0.123. The number of nitrogens with one attached hydrogen (secondary N) is 2. The molecule has 39 heavy (non-hydrogen) atoms. The number of hydrogen-bond acceptors (Lipinski definition) is 8. The van der Waals surface area contributed by atoms with E-state index in [2.05, 4.69) is 15.6 Å². The molecule has 1 saturated heterocycles. The molecule has 2 fully saturated rings. The maximum Gasteiger partial charge on any atom is 0.264 e. The number of oxazole rings is 1. The fourth-order valence-electron chi connectivity index (χ4n) is 5.04. The van der Waals surface area contributed by atoms with E-state index in [-0.39, 0.29) is 47.6 Å². The van der Waals surface area contributed by atoms with Crippen molar-refractivity contribution in [1.29, 1.82) is 0 Å². The molecule has 2 aliphatic rings. The Morgan fingerprint density at radius 2 is 1.69 bits per heavy atom. The highest BCUT2D eigenvalue weighted by Gasteiger charge is 2.33. The Bertz CT molecular complexity index is 1350. The Hall–Kier alpha value is -3.08. The number of carbonyl (C=O) groups is 2. The molecule has 2 heterocycles. The number of fused-ring (bicyclic) bond motifs is 1. The molecule has 10 heteroatoms. The van der Waals surface area contributed by atoms with Gasteiger partial charge in [0, 0.05) is 25.8 Å². The van der Waals surface area contributed by atoms with Gasteiger partial charge >= 0.3 is 0 Å². The van der Waals surface area contributed by atoms with E-state index < -0.39 is 21.8 Å². The zero-order valence-electron chi connectivity index (χ0n) is 21.9. The first-order chi connectivity index (χ1) is 18.9. The van der Waals surface area contributed by atoms with Gasteiger partial charge in [0.15, 0.2) is 15.4 Å². The van der Waals surface area contributed by atoms with Crippen molar-refractivity contribution in [2.24, 2.45) is 5.92 Å². The summed E-state index contributed by atoms with van der Waals surface area (Å²) < 4.78 is 36.8. The molecular formula is C29H35N3O6S. The monoisotopic (exact) mass is 553 g/mol. The van der Waals surface area contributed by atoms with Gasteiger partial charge in [-0.15, -0.1) is 0 Å². The first-order valence-corrected chi connectivity index (χ1v) is 15.5. The van der Waals surface area contributed by atoms with Crippen LogP contribution in [0.3, 0.4) is 0 Å². The maximum atomic E-state index is 13.5. The summed E-state index contributed by atoms with van der Waals surface area (Å²) in [7, 11) is -3.39. The van der Waals surface area contributed by atoms with Crippen molar-refractivity contribution >= 4 is 32.6 Å². The number of aromatic nitrogens is 1. The first kappa shape index (κ1) is 27.5. The van der Waals surface area contributed by atoms with Crippen molar-refractivity contribution in [2.45, 2.75) is 50.1 Å². The third-order valence-corrected chi connectivity index (χ3v) is 9.16. The van der Waals surface area contributed by atoms with Gasteiger partial charge < -0.3 is 19.8 Å². The zero-order valence-corrected chi connectivity index (χ0v) is 22.7. The Kier molecular flexibility index (Phi) is 8.74. The van der Waals surface area contributed by atoms with Crippen LogP contribution in [0, 0.1) is 5.92 Å². The SMILES string of the molecule is O=C(NCC[C@H](C(=O)c1nc2ccccc2o1)c1ccccc1)[C@H](CS(=O)(=O)CC1CC1)NC1CCOCC1. The third kappa shape index (κ3) is 7.52. The molecule has 208 valence electrons. The quantitative estimate of drug-likeness (QED) is 0.309. The fourth-order valence-corrected chi connectivity index (χ4v) is 6.98. The minimum Gasteiger partial charge on any atom is -0.434 e. The molecule has 9 nitrogen and oxygen atoms in total. The minimum atomic E-state index is -3.39. The molecule has 5 rings (SSSR count). The summed E-state index contributed by atoms with van der Waals surface area (Å²) in [5.74, 6) is -1.09. The molecule has 1 saturated carbocycles. The van der Waals surface area contributed by atoms with E-state index in [0.29, 0.717) is 30.7 Å². The Balaban J connectivity index is 1.27. The lowest BCUT2D eigenvalue weighted by Crippen LogP contribution is -2.53. The number of ether oxygens (including phenoxy) is 1. The van der Waals surface area contributed by atoms with Gasteiger partial charge in [0.25, 0.3) is 5.89 Å². The second-order valence-electron chi connectivity index (χ2n) is 10.5. The number of sulfone groups is 1. The van der Waals surface area contributed by atoms with Gasteiger partial charge in [-0.2, -0.15) is 0 Å². The zero-order chi connectivity index (χ0) is 27.2. The molecular weight excluding hydrogens is 518 g/mol. The number of carbonyl (C=O) groups excluding carboxylic acids is 2. The standard InChI is InChI=1S/C29H35N3O6S/c33-27(29-32-24-8-4-5-9-26(24)38-29)23(21-6-2-1-3-7-21)12-15-30-28(34)25(31-22-13-16-37-17-14-22)19-39(35,36)18-20-10-11-20/h1-9,20,22-23,25,31H,10-19H2,(H,30,34)/t23-,25-/m0/s1. The highest BCUT2D eigenvalue weighted by molar-refractivity contribution is 7.91. The molecule has 1 aromatic heterocycles. The summed E-state index contributed by atoms with van der Waals surface area (Å²) >= 11 is 0. The predicted molar refractivity (Wildman–Crippen MR) is 147 cm³/mol. The van der Waals surface area contributed by atoms with Crippen molar-refractivity contribution in [3.63, 3.8) is 0 Å². The number of para-hydroxylation sites is 2. The molecule has 3 aromatic rings. The van der Waals surface area contributed by atoms with Crippen molar-refractivity contribution < 1.29 is 27.2 Å². The minimum absolute atomic E-state index is 0.0171. The summed E-state index contributed by atoms with van der Waals surface area (Å²) in [5, 5.41) is 6.17. The Morgan fingerprint density at radius 3 is 2.41 bits per heavy atom. The van der Waals surface area contributed by atoms with Crippen LogP contribution in [0.5, 0.6) is 0 Å². The van der Waals surface area contributed by atoms with E-state index in [4.69, 9.17) is 9.15 Å². The maximum absolute atomic E-state index is 13.5. The number of hydrogen-bond donors (Lipinski definition) is 2. The summed E-state index contributed by atoms with van der Waals surface area (Å²) in [6, 6.07) is 15.7. The van der Waals surface area contributed by atoms with Crippen LogP contribution in [0.15, 0.2) is 59.0 Å². The molecule has 2 atom stereocenters. The van der Waals surface area contributed by atoms with E-state index in [1.807, 2.05) is 42.5 Å². The summed E-state index contributed by atoms with van der Waals surface area (Å²) in [6.07, 6.45) is 3.62. The van der Waals surface area contributed by atoms with Crippen LogP contribution in [0.1, 0.15) is 54.3 Å². The molecule has 2 aromatic carbocycles. The summed E-state index contributed by atoms with van der Waals surface area (Å²) in [4.78, 5) is 31.2. The molecule has 0 bridgehead atoms. The van der Waals surface area contributed by atoms with Gasteiger partial charge in [-0.3, -0.25) is 9.59 Å². The molecule has 0 unspecified atom stereocenters. The van der Waals surface area contributed by atoms with E-state index in [9.17, 15) is 18.0 Å². The number of nitrogens with zero attached hydrogens (tertiary/aromatic N) is 1. The second-order valence-corrected chi connectivity index (χ2v) is 12.7. The van der Waals surface area contributed by atoms with Crippen LogP contribution in [0.2, 0.25) is 0 Å². The Morgan fingerprint density at radius 1 is 0.974 bits per heavy atom. The predicted octanol–water partition coefficient (Wildman–Crippen LogP) is 3.26. The molecule has 0 spiro atoms. The van der Waals surface area contributed by atoms with Gasteiger partial charge in [0.05, 0.1) is 17.4 Å². The number of amides is 1. The largest absolute Gasteiger partial charge is 0.434 e. The highest BCUT2D eigenvalue weighted by atomic mass is 32.2. The van der Waals surface area contributed by atoms with E-state index in [1.54, 1.807) is 12.1 Å². The average molecular weight is 554 g/mol. The summed E-state index contributed by atoms with van der Waals surface area (Å²) in [5.41, 5.74) is 1.94. The first-order valence-electron chi connectivity index (χ1n) is 13.6. The van der Waals surface area contributed by atoms with Crippen molar-refractivity contribution in [2.75, 3.05) is 31.3 Å². The van der Waals surface area contributed by atoms with Crippen LogP contribution < -0.4 is 10.6 Å². The fraction of sp³-hybridized carbons (Fsp3) is 0.483. The number of ketones is 1. The van der Waals surface area contributed by atoms with Gasteiger partial charge in [0.1, 0.15) is 11.6 Å². The van der Waals surface area contributed by atoms with Crippen LogP contribution in [0.4, 0.5) is 0 Å². The van der Waals surface area contributed by atoms with E-state index in [1.165, 1.54) is 0 Å². The average Bonchev–Trinajstić information content (AvgIpc) is 3.63. The van der Waals surface area contributed by atoms with Gasteiger partial charge in [-0.05, 0) is 55.7 Å². The third-order valence-electron chi connectivity index (χ3n) is 7.34. The van der Waals surface area contributed by atoms with Crippen LogP contribution in [-0.4, -0.2) is 68.4 Å². The second kappa shape index (κ2) is 12.4. The molecule has 1 aliphatic carbocycles. The number of benzene rings is 2. The smallest absolute Gasteiger partial charge is 0.264 e. The van der Waals surface area contributed by atoms with Crippen LogP contribution in [-0.2, 0) is 19.4 Å².